The molecule has 1 fully saturated rings. The lowest BCUT2D eigenvalue weighted by Gasteiger charge is -2.10. The number of nitrogens with one attached hydrogen (secondary N) is 1. The van der Waals surface area contributed by atoms with Gasteiger partial charge in [-0.1, -0.05) is 0 Å². The van der Waals surface area contributed by atoms with Gasteiger partial charge in [-0.05, 0) is 26.2 Å². The molecule has 0 aromatic carbocycles. The minimum atomic E-state index is -3.66. The van der Waals surface area contributed by atoms with Crippen LogP contribution in [0.2, 0.25) is 0 Å². The number of hydrogen-bond donors (Lipinski definition) is 2. The van der Waals surface area contributed by atoms with Crippen LogP contribution in [-0.4, -0.2) is 33.3 Å². The van der Waals surface area contributed by atoms with Crippen LogP contribution in [0, 0.1) is 19.8 Å². The van der Waals surface area contributed by atoms with Crippen LogP contribution in [0.5, 0.6) is 0 Å². The molecule has 0 aliphatic carbocycles. The SMILES string of the molecule is Cc1oc(C)c(S(=O)(=O)NCC2CCOC2)c1CO. The lowest BCUT2D eigenvalue weighted by molar-refractivity contribution is 0.186. The van der Waals surface area contributed by atoms with Gasteiger partial charge in [0, 0.05) is 18.7 Å². The standard InChI is InChI=1S/C12H19NO5S/c1-8-11(6-14)12(9(2)18-8)19(15,16)13-5-10-3-4-17-7-10/h10,13-14H,3-7H2,1-2H3. The van der Waals surface area contributed by atoms with Crippen molar-refractivity contribution in [1.82, 2.24) is 4.72 Å². The number of aliphatic hydroxyl groups is 1. The predicted octanol–water partition coefficient (Wildman–Crippen LogP) is 0.704. The second kappa shape index (κ2) is 5.62. The highest BCUT2D eigenvalue weighted by Gasteiger charge is 2.27. The summed E-state index contributed by atoms with van der Waals surface area (Å²) in [5, 5.41) is 9.28. The molecular formula is C12H19NO5S. The van der Waals surface area contributed by atoms with Crippen molar-refractivity contribution in [2.24, 2.45) is 5.92 Å². The summed E-state index contributed by atoms with van der Waals surface area (Å²) in [6.07, 6.45) is 0.860. The number of rotatable bonds is 5. The largest absolute Gasteiger partial charge is 0.465 e. The molecule has 1 saturated heterocycles. The Morgan fingerprint density at radius 3 is 2.68 bits per heavy atom. The van der Waals surface area contributed by atoms with E-state index in [2.05, 4.69) is 4.72 Å². The van der Waals surface area contributed by atoms with Crippen molar-refractivity contribution in [3.63, 3.8) is 0 Å². The topological polar surface area (TPSA) is 88.8 Å². The zero-order chi connectivity index (χ0) is 14.0. The summed E-state index contributed by atoms with van der Waals surface area (Å²) in [5.41, 5.74) is 0.327. The van der Waals surface area contributed by atoms with Crippen LogP contribution in [0.3, 0.4) is 0 Å². The lowest BCUT2D eigenvalue weighted by Crippen LogP contribution is -2.30. The summed E-state index contributed by atoms with van der Waals surface area (Å²) in [5.74, 6) is 0.946. The summed E-state index contributed by atoms with van der Waals surface area (Å²) < 4.78 is 37.6. The maximum absolute atomic E-state index is 12.3. The summed E-state index contributed by atoms with van der Waals surface area (Å²) in [4.78, 5) is 0.0615. The average Bonchev–Trinajstić information content (AvgIpc) is 2.94. The third-order valence-electron chi connectivity index (χ3n) is 3.34. The summed E-state index contributed by atoms with van der Waals surface area (Å²) in [6, 6.07) is 0. The van der Waals surface area contributed by atoms with Gasteiger partial charge in [-0.25, -0.2) is 13.1 Å². The minimum Gasteiger partial charge on any atom is -0.465 e. The third kappa shape index (κ3) is 3.00. The van der Waals surface area contributed by atoms with E-state index < -0.39 is 10.0 Å². The summed E-state index contributed by atoms with van der Waals surface area (Å²) in [6.45, 7) is 4.47. The molecule has 2 N–H and O–H groups in total. The van der Waals surface area contributed by atoms with E-state index in [9.17, 15) is 13.5 Å². The van der Waals surface area contributed by atoms with Crippen molar-refractivity contribution >= 4 is 10.0 Å². The summed E-state index contributed by atoms with van der Waals surface area (Å²) in [7, 11) is -3.66. The van der Waals surface area contributed by atoms with Crippen LogP contribution in [-0.2, 0) is 21.4 Å². The fourth-order valence-corrected chi connectivity index (χ4v) is 3.84. The molecule has 0 saturated carbocycles. The number of aliphatic hydroxyl groups excluding tert-OH is 1. The molecule has 108 valence electrons. The highest BCUT2D eigenvalue weighted by molar-refractivity contribution is 7.89. The normalized spacial score (nSPS) is 20.1. The molecule has 2 heterocycles. The van der Waals surface area contributed by atoms with E-state index in [-0.39, 0.29) is 17.4 Å². The van der Waals surface area contributed by atoms with E-state index >= 15 is 0 Å². The maximum atomic E-state index is 12.3. The predicted molar refractivity (Wildman–Crippen MR) is 68.2 cm³/mol. The van der Waals surface area contributed by atoms with Gasteiger partial charge in [-0.15, -0.1) is 0 Å². The highest BCUT2D eigenvalue weighted by atomic mass is 32.2. The Bertz CT molecular complexity index is 543. The van der Waals surface area contributed by atoms with Crippen molar-refractivity contribution in [1.29, 1.82) is 0 Å². The molecule has 1 aliphatic heterocycles. The fourth-order valence-electron chi connectivity index (χ4n) is 2.29. The second-order valence-electron chi connectivity index (χ2n) is 4.76. The van der Waals surface area contributed by atoms with Gasteiger partial charge in [-0.3, -0.25) is 0 Å². The number of sulfonamides is 1. The van der Waals surface area contributed by atoms with Gasteiger partial charge >= 0.3 is 0 Å². The van der Waals surface area contributed by atoms with Crippen molar-refractivity contribution in [2.75, 3.05) is 19.8 Å². The summed E-state index contributed by atoms with van der Waals surface area (Å²) >= 11 is 0. The van der Waals surface area contributed by atoms with E-state index in [4.69, 9.17) is 9.15 Å². The number of ether oxygens (including phenoxy) is 1. The van der Waals surface area contributed by atoms with Gasteiger partial charge in [0.1, 0.15) is 16.4 Å². The molecule has 0 radical (unpaired) electrons. The second-order valence-corrected chi connectivity index (χ2v) is 6.47. The van der Waals surface area contributed by atoms with Crippen LogP contribution < -0.4 is 4.72 Å². The number of aryl methyl sites for hydroxylation is 2. The van der Waals surface area contributed by atoms with Gasteiger partial charge < -0.3 is 14.3 Å². The van der Waals surface area contributed by atoms with Gasteiger partial charge in [0.2, 0.25) is 10.0 Å². The Morgan fingerprint density at radius 2 is 2.11 bits per heavy atom. The minimum absolute atomic E-state index is 0.0615. The Morgan fingerprint density at radius 1 is 1.37 bits per heavy atom. The Labute approximate surface area is 112 Å². The van der Waals surface area contributed by atoms with E-state index in [0.29, 0.717) is 36.8 Å². The van der Waals surface area contributed by atoms with E-state index in [1.807, 2.05) is 0 Å². The van der Waals surface area contributed by atoms with E-state index in [0.717, 1.165) is 6.42 Å². The Kier molecular flexibility index (Phi) is 4.29. The van der Waals surface area contributed by atoms with E-state index in [1.54, 1.807) is 13.8 Å². The smallest absolute Gasteiger partial charge is 0.244 e. The van der Waals surface area contributed by atoms with Crippen LogP contribution >= 0.6 is 0 Å². The maximum Gasteiger partial charge on any atom is 0.244 e. The average molecular weight is 289 g/mol. The molecule has 0 bridgehead atoms. The van der Waals surface area contributed by atoms with Crippen molar-refractivity contribution in [3.05, 3.63) is 17.1 Å². The lowest BCUT2D eigenvalue weighted by atomic mass is 10.1. The van der Waals surface area contributed by atoms with Crippen LogP contribution in [0.15, 0.2) is 9.31 Å². The number of hydrogen-bond acceptors (Lipinski definition) is 5. The molecule has 0 spiro atoms. The zero-order valence-electron chi connectivity index (χ0n) is 11.1. The first-order valence-electron chi connectivity index (χ1n) is 6.23. The first-order chi connectivity index (χ1) is 8.95. The van der Waals surface area contributed by atoms with Crippen LogP contribution in [0.1, 0.15) is 23.5 Å². The highest BCUT2D eigenvalue weighted by Crippen LogP contribution is 2.26. The van der Waals surface area contributed by atoms with Crippen molar-refractivity contribution < 1.29 is 22.7 Å². The zero-order valence-corrected chi connectivity index (χ0v) is 11.9. The molecule has 1 aromatic rings. The first-order valence-corrected chi connectivity index (χ1v) is 7.71. The number of furan rings is 1. The van der Waals surface area contributed by atoms with Gasteiger partial charge in [0.05, 0.1) is 13.2 Å². The van der Waals surface area contributed by atoms with E-state index in [1.165, 1.54) is 0 Å². The molecule has 1 aliphatic rings. The Balaban J connectivity index is 2.19. The molecule has 1 atom stereocenters. The molecule has 1 aromatic heterocycles. The van der Waals surface area contributed by atoms with Crippen molar-refractivity contribution in [2.45, 2.75) is 31.8 Å². The molecule has 2 rings (SSSR count). The molecule has 19 heavy (non-hydrogen) atoms. The fraction of sp³-hybridized carbons (Fsp3) is 0.667. The Hall–Kier alpha value is -0.890. The van der Waals surface area contributed by atoms with Gasteiger partial charge in [0.15, 0.2) is 0 Å². The molecule has 6 nitrogen and oxygen atoms in total. The van der Waals surface area contributed by atoms with Crippen LogP contribution in [0.25, 0.3) is 0 Å². The van der Waals surface area contributed by atoms with Crippen LogP contribution in [0.4, 0.5) is 0 Å². The first kappa shape index (κ1) is 14.5. The van der Waals surface area contributed by atoms with Gasteiger partial charge in [-0.2, -0.15) is 0 Å². The molecule has 0 amide bonds. The molecule has 7 heteroatoms. The molecule has 1 unspecified atom stereocenters. The van der Waals surface area contributed by atoms with Gasteiger partial charge in [0.25, 0.3) is 0 Å². The molecular weight excluding hydrogens is 270 g/mol. The van der Waals surface area contributed by atoms with Crippen molar-refractivity contribution in [3.8, 4) is 0 Å². The quantitative estimate of drug-likeness (QED) is 0.833. The monoisotopic (exact) mass is 289 g/mol. The third-order valence-corrected chi connectivity index (χ3v) is 4.96.